The van der Waals surface area contributed by atoms with Crippen molar-refractivity contribution in [3.63, 3.8) is 0 Å². The molecule has 0 aliphatic heterocycles. The van der Waals surface area contributed by atoms with Gasteiger partial charge in [-0.3, -0.25) is 4.79 Å². The quantitative estimate of drug-likeness (QED) is 0.551. The number of rotatable bonds is 7. The van der Waals surface area contributed by atoms with Crippen LogP contribution in [-0.2, 0) is 4.79 Å². The van der Waals surface area contributed by atoms with E-state index in [-0.39, 0.29) is 30.2 Å². The second-order valence-corrected chi connectivity index (χ2v) is 6.57. The Labute approximate surface area is 151 Å². The van der Waals surface area contributed by atoms with Gasteiger partial charge in [0.2, 0.25) is 11.8 Å². The van der Waals surface area contributed by atoms with E-state index in [2.05, 4.69) is 10.3 Å². The number of aromatic nitrogens is 1. The third kappa shape index (κ3) is 4.57. The van der Waals surface area contributed by atoms with Crippen LogP contribution in [0.2, 0.25) is 0 Å². The molecule has 0 radical (unpaired) electrons. The number of aliphatic hydroxyl groups is 3. The molecule has 0 bridgehead atoms. The minimum Gasteiger partial charge on any atom is -0.422 e. The number of pyridine rings is 1. The Bertz CT molecular complexity index is 743. The van der Waals surface area contributed by atoms with Crippen molar-refractivity contribution in [2.45, 2.75) is 31.3 Å². The summed E-state index contributed by atoms with van der Waals surface area (Å²) in [7, 11) is 0. The van der Waals surface area contributed by atoms with Crippen LogP contribution >= 0.6 is 0 Å². The van der Waals surface area contributed by atoms with Crippen LogP contribution in [0.1, 0.15) is 36.4 Å². The summed E-state index contributed by atoms with van der Waals surface area (Å²) >= 11 is 0. The van der Waals surface area contributed by atoms with Crippen LogP contribution in [0.15, 0.2) is 48.7 Å². The molecule has 138 valence electrons. The van der Waals surface area contributed by atoms with E-state index in [1.165, 1.54) is 12.3 Å². The van der Waals surface area contributed by atoms with Crippen LogP contribution in [-0.4, -0.2) is 38.8 Å². The molecule has 1 fully saturated rings. The molecule has 1 aromatic carbocycles. The second-order valence-electron chi connectivity index (χ2n) is 6.57. The highest BCUT2D eigenvalue weighted by molar-refractivity contribution is 5.83. The number of hydrogen-bond donors (Lipinski definition) is 4. The number of aliphatic hydroxyl groups excluding tert-OH is 1. The molecule has 3 rings (SSSR count). The smallest absolute Gasteiger partial charge is 0.320 e. The van der Waals surface area contributed by atoms with Crippen molar-refractivity contribution in [3.8, 4) is 5.88 Å². The van der Waals surface area contributed by atoms with E-state index < -0.39 is 12.0 Å². The molecule has 2 aromatic rings. The van der Waals surface area contributed by atoms with E-state index in [1.54, 1.807) is 6.07 Å². The van der Waals surface area contributed by atoms with Crippen LogP contribution in [0.5, 0.6) is 5.88 Å². The summed E-state index contributed by atoms with van der Waals surface area (Å²) in [4.78, 5) is 16.4. The van der Waals surface area contributed by atoms with Gasteiger partial charge in [-0.1, -0.05) is 30.3 Å². The van der Waals surface area contributed by atoms with Gasteiger partial charge in [-0.25, -0.2) is 4.98 Å². The summed E-state index contributed by atoms with van der Waals surface area (Å²) in [5.74, 6) is -2.27. The molecule has 3 atom stereocenters. The second kappa shape index (κ2) is 7.41. The number of carbonyl (C=O) groups is 1. The van der Waals surface area contributed by atoms with Crippen LogP contribution in [0, 0.1) is 5.92 Å². The maximum atomic E-state index is 12.5. The van der Waals surface area contributed by atoms with E-state index in [4.69, 9.17) is 4.74 Å². The predicted octanol–water partition coefficient (Wildman–Crippen LogP) is 1.07. The fraction of sp³-hybridized carbons (Fsp3) is 0.368. The maximum absolute atomic E-state index is 12.5. The SMILES string of the molecule is CC(O)(O)Oc1ccc(C(CO)NC(=O)C2CC2c2ccccc2)cn1. The van der Waals surface area contributed by atoms with Gasteiger partial charge in [0, 0.05) is 25.1 Å². The zero-order valence-electron chi connectivity index (χ0n) is 14.4. The fourth-order valence-electron chi connectivity index (χ4n) is 2.92. The van der Waals surface area contributed by atoms with Crippen molar-refractivity contribution in [1.82, 2.24) is 10.3 Å². The summed E-state index contributed by atoms with van der Waals surface area (Å²) in [6.07, 6.45) is 2.22. The van der Waals surface area contributed by atoms with Crippen LogP contribution in [0.25, 0.3) is 0 Å². The minimum atomic E-state index is -2.32. The third-order valence-electron chi connectivity index (χ3n) is 4.31. The van der Waals surface area contributed by atoms with Crippen molar-refractivity contribution in [1.29, 1.82) is 0 Å². The first-order valence-electron chi connectivity index (χ1n) is 8.43. The molecular formula is C19H22N2O5. The number of amides is 1. The summed E-state index contributed by atoms with van der Waals surface area (Å²) < 4.78 is 4.81. The number of benzene rings is 1. The van der Waals surface area contributed by atoms with Crippen LogP contribution in [0.3, 0.4) is 0 Å². The Hall–Kier alpha value is -2.48. The van der Waals surface area contributed by atoms with Crippen molar-refractivity contribution in [3.05, 3.63) is 59.8 Å². The van der Waals surface area contributed by atoms with Gasteiger partial charge in [0.15, 0.2) is 0 Å². The number of nitrogens with one attached hydrogen (secondary N) is 1. The Morgan fingerprint density at radius 2 is 2.04 bits per heavy atom. The zero-order chi connectivity index (χ0) is 18.7. The topological polar surface area (TPSA) is 112 Å². The molecule has 1 heterocycles. The van der Waals surface area contributed by atoms with Crippen molar-refractivity contribution < 1.29 is 24.9 Å². The van der Waals surface area contributed by atoms with Crippen LogP contribution < -0.4 is 10.1 Å². The Balaban J connectivity index is 1.60. The van der Waals surface area contributed by atoms with Gasteiger partial charge in [0.1, 0.15) is 0 Å². The zero-order valence-corrected chi connectivity index (χ0v) is 14.4. The van der Waals surface area contributed by atoms with Gasteiger partial charge in [-0.15, -0.1) is 0 Å². The number of hydrogen-bond acceptors (Lipinski definition) is 6. The lowest BCUT2D eigenvalue weighted by Gasteiger charge is -2.19. The molecular weight excluding hydrogens is 336 g/mol. The van der Waals surface area contributed by atoms with Crippen molar-refractivity contribution in [2.75, 3.05) is 6.61 Å². The Morgan fingerprint density at radius 1 is 1.31 bits per heavy atom. The number of carbonyl (C=O) groups excluding carboxylic acids is 1. The summed E-state index contributed by atoms with van der Waals surface area (Å²) in [5, 5.41) is 30.9. The summed E-state index contributed by atoms with van der Waals surface area (Å²) in [6.45, 7) is 0.798. The van der Waals surface area contributed by atoms with Gasteiger partial charge in [0.25, 0.3) is 0 Å². The lowest BCUT2D eigenvalue weighted by atomic mass is 10.1. The lowest BCUT2D eigenvalue weighted by Crippen LogP contribution is -2.33. The van der Waals surface area contributed by atoms with Gasteiger partial charge >= 0.3 is 5.97 Å². The van der Waals surface area contributed by atoms with Gasteiger partial charge in [-0.2, -0.15) is 0 Å². The molecule has 1 amide bonds. The molecule has 1 aliphatic rings. The molecule has 1 aliphatic carbocycles. The Morgan fingerprint density at radius 3 is 2.62 bits per heavy atom. The molecule has 1 saturated carbocycles. The minimum absolute atomic E-state index is 0.0237. The normalized spacial score (nSPS) is 20.3. The first-order valence-corrected chi connectivity index (χ1v) is 8.43. The van der Waals surface area contributed by atoms with E-state index in [1.807, 2.05) is 30.3 Å². The molecule has 0 spiro atoms. The Kier molecular flexibility index (Phi) is 5.22. The highest BCUT2D eigenvalue weighted by atomic mass is 16.8. The van der Waals surface area contributed by atoms with Crippen molar-refractivity contribution >= 4 is 5.91 Å². The third-order valence-corrected chi connectivity index (χ3v) is 4.31. The highest BCUT2D eigenvalue weighted by Crippen LogP contribution is 2.47. The fourth-order valence-corrected chi connectivity index (χ4v) is 2.92. The summed E-state index contributed by atoms with van der Waals surface area (Å²) in [5.41, 5.74) is 1.75. The first-order chi connectivity index (χ1) is 12.4. The average molecular weight is 358 g/mol. The lowest BCUT2D eigenvalue weighted by molar-refractivity contribution is -0.279. The number of nitrogens with zero attached hydrogens (tertiary/aromatic N) is 1. The monoisotopic (exact) mass is 358 g/mol. The standard InChI is InChI=1S/C19H22N2O5/c1-19(24,25)26-17-8-7-13(10-20-17)16(11-22)21-18(23)15-9-14(15)12-5-3-2-4-6-12/h2-8,10,14-16,22,24-25H,9,11H2,1H3,(H,21,23). The molecule has 3 unspecified atom stereocenters. The van der Waals surface area contributed by atoms with E-state index in [0.29, 0.717) is 5.56 Å². The maximum Gasteiger partial charge on any atom is 0.320 e. The highest BCUT2D eigenvalue weighted by Gasteiger charge is 2.44. The predicted molar refractivity (Wildman–Crippen MR) is 93.0 cm³/mol. The van der Waals surface area contributed by atoms with E-state index in [0.717, 1.165) is 18.9 Å². The molecule has 7 heteroatoms. The van der Waals surface area contributed by atoms with Crippen LogP contribution in [0.4, 0.5) is 0 Å². The molecule has 0 saturated heterocycles. The summed E-state index contributed by atoms with van der Waals surface area (Å²) in [6, 6.07) is 12.3. The number of ether oxygens (including phenoxy) is 1. The van der Waals surface area contributed by atoms with E-state index in [9.17, 15) is 20.1 Å². The largest absolute Gasteiger partial charge is 0.422 e. The molecule has 26 heavy (non-hydrogen) atoms. The van der Waals surface area contributed by atoms with Gasteiger partial charge in [-0.05, 0) is 29.5 Å². The molecule has 1 aromatic heterocycles. The van der Waals surface area contributed by atoms with Gasteiger partial charge < -0.3 is 25.4 Å². The first kappa shape index (κ1) is 18.3. The molecule has 7 nitrogen and oxygen atoms in total. The van der Waals surface area contributed by atoms with Crippen molar-refractivity contribution in [2.24, 2.45) is 5.92 Å². The average Bonchev–Trinajstić information content (AvgIpc) is 3.41. The van der Waals surface area contributed by atoms with E-state index >= 15 is 0 Å². The molecule has 4 N–H and O–H groups in total. The van der Waals surface area contributed by atoms with Gasteiger partial charge in [0.05, 0.1) is 12.6 Å².